The first kappa shape index (κ1) is 24.2. The Morgan fingerprint density at radius 1 is 1.03 bits per heavy atom. The molecule has 6 rings (SSSR count). The molecule has 2 fully saturated rings. The summed E-state index contributed by atoms with van der Waals surface area (Å²) in [6, 6.07) is 22.1. The Hall–Kier alpha value is -4.13. The maximum atomic E-state index is 13.4. The Labute approximate surface area is 221 Å². The number of carbonyl (C=O) groups is 2. The third-order valence-electron chi connectivity index (χ3n) is 8.43. The Morgan fingerprint density at radius 2 is 1.76 bits per heavy atom. The van der Waals surface area contributed by atoms with E-state index in [1.807, 2.05) is 47.3 Å². The van der Waals surface area contributed by atoms with E-state index in [0.717, 1.165) is 59.0 Å². The van der Waals surface area contributed by atoms with E-state index < -0.39 is 5.97 Å². The van der Waals surface area contributed by atoms with Crippen molar-refractivity contribution >= 4 is 22.8 Å². The number of carboxylic acid groups (broad SMARTS) is 1. The highest BCUT2D eigenvalue weighted by atomic mass is 16.5. The summed E-state index contributed by atoms with van der Waals surface area (Å²) in [5.74, 6) is -0.206. The van der Waals surface area contributed by atoms with Crippen molar-refractivity contribution < 1.29 is 19.4 Å². The maximum absolute atomic E-state index is 13.4. The third-order valence-corrected chi connectivity index (χ3v) is 8.43. The molecule has 2 aliphatic rings. The highest BCUT2D eigenvalue weighted by Crippen LogP contribution is 2.58. The van der Waals surface area contributed by atoms with Crippen LogP contribution in [0.2, 0.25) is 0 Å². The Morgan fingerprint density at radius 3 is 2.47 bits per heavy atom. The zero-order chi connectivity index (χ0) is 26.4. The van der Waals surface area contributed by atoms with Gasteiger partial charge in [0.25, 0.3) is 5.91 Å². The van der Waals surface area contributed by atoms with Crippen LogP contribution in [0.15, 0.2) is 72.9 Å². The van der Waals surface area contributed by atoms with Crippen LogP contribution in [-0.2, 0) is 4.79 Å². The SMILES string of the molecule is COc1cccc(-c2ccc([C@@H](C)n3ncc4cccc(C(=O)NC5CC6(C5)CC(C(=O)O)C6)c43)cc2)c1. The number of hydrogen-bond acceptors (Lipinski definition) is 4. The molecule has 2 aliphatic carbocycles. The van der Waals surface area contributed by atoms with Gasteiger partial charge in [0.05, 0.1) is 36.3 Å². The van der Waals surface area contributed by atoms with Crippen LogP contribution in [0, 0.1) is 11.3 Å². The fourth-order valence-corrected chi connectivity index (χ4v) is 6.32. The number of carbonyl (C=O) groups excluding carboxylic acids is 1. The van der Waals surface area contributed by atoms with Crippen LogP contribution in [-0.4, -0.2) is 39.9 Å². The molecule has 2 saturated carbocycles. The van der Waals surface area contributed by atoms with Crippen LogP contribution in [0.1, 0.15) is 54.6 Å². The van der Waals surface area contributed by atoms with Gasteiger partial charge in [-0.3, -0.25) is 14.3 Å². The molecule has 0 unspecified atom stereocenters. The normalized spacial score (nSPS) is 22.9. The number of aliphatic carboxylic acids is 1. The highest BCUT2D eigenvalue weighted by Gasteiger charge is 2.55. The molecule has 4 aromatic rings. The summed E-state index contributed by atoms with van der Waals surface area (Å²) in [6.45, 7) is 2.09. The summed E-state index contributed by atoms with van der Waals surface area (Å²) >= 11 is 0. The van der Waals surface area contributed by atoms with Crippen molar-refractivity contribution in [3.63, 3.8) is 0 Å². The smallest absolute Gasteiger partial charge is 0.306 e. The topological polar surface area (TPSA) is 93.5 Å². The second kappa shape index (κ2) is 9.31. The van der Waals surface area contributed by atoms with Gasteiger partial charge < -0.3 is 15.2 Å². The number of fused-ring (bicyclic) bond motifs is 1. The van der Waals surface area contributed by atoms with Gasteiger partial charge in [-0.2, -0.15) is 5.10 Å². The van der Waals surface area contributed by atoms with E-state index in [2.05, 4.69) is 47.7 Å². The highest BCUT2D eigenvalue weighted by molar-refractivity contribution is 6.05. The fourth-order valence-electron chi connectivity index (χ4n) is 6.32. The average Bonchev–Trinajstić information content (AvgIpc) is 3.33. The van der Waals surface area contributed by atoms with Crippen LogP contribution in [0.5, 0.6) is 5.75 Å². The van der Waals surface area contributed by atoms with Crippen LogP contribution < -0.4 is 10.1 Å². The molecule has 1 amide bonds. The van der Waals surface area contributed by atoms with E-state index in [1.165, 1.54) is 0 Å². The van der Waals surface area contributed by atoms with E-state index in [9.17, 15) is 14.7 Å². The van der Waals surface area contributed by atoms with Gasteiger partial charge in [-0.25, -0.2) is 0 Å². The number of nitrogens with zero attached hydrogens (tertiary/aromatic N) is 2. The number of nitrogens with one attached hydrogen (secondary N) is 1. The second-order valence-corrected chi connectivity index (χ2v) is 10.9. The molecule has 194 valence electrons. The molecule has 7 heteroatoms. The summed E-state index contributed by atoms with van der Waals surface area (Å²) in [5.41, 5.74) is 4.82. The van der Waals surface area contributed by atoms with E-state index >= 15 is 0 Å². The molecule has 2 N–H and O–H groups in total. The van der Waals surface area contributed by atoms with Crippen molar-refractivity contribution in [2.75, 3.05) is 7.11 Å². The number of rotatable bonds is 7. The molecule has 7 nitrogen and oxygen atoms in total. The Balaban J connectivity index is 1.20. The van der Waals surface area contributed by atoms with Gasteiger partial charge in [0.2, 0.25) is 0 Å². The molecule has 0 aliphatic heterocycles. The van der Waals surface area contributed by atoms with Crippen molar-refractivity contribution in [3.8, 4) is 16.9 Å². The zero-order valence-corrected chi connectivity index (χ0v) is 21.6. The van der Waals surface area contributed by atoms with Crippen molar-refractivity contribution in [1.29, 1.82) is 0 Å². The first-order valence-electron chi connectivity index (χ1n) is 13.1. The molecule has 0 radical (unpaired) electrons. The number of amides is 1. The van der Waals surface area contributed by atoms with Crippen molar-refractivity contribution in [3.05, 3.63) is 84.1 Å². The lowest BCUT2D eigenvalue weighted by molar-refractivity contribution is -0.155. The van der Waals surface area contributed by atoms with Gasteiger partial charge in [-0.1, -0.05) is 48.5 Å². The summed E-state index contributed by atoms with van der Waals surface area (Å²) in [6.07, 6.45) is 4.98. The lowest BCUT2D eigenvalue weighted by Crippen LogP contribution is -2.57. The van der Waals surface area contributed by atoms with E-state index in [-0.39, 0.29) is 29.3 Å². The average molecular weight is 510 g/mol. The number of hydrogen-bond donors (Lipinski definition) is 2. The van der Waals surface area contributed by atoms with Crippen LogP contribution in [0.25, 0.3) is 22.0 Å². The minimum atomic E-state index is -0.702. The second-order valence-electron chi connectivity index (χ2n) is 10.9. The summed E-state index contributed by atoms with van der Waals surface area (Å²) in [5, 5.41) is 18.0. The van der Waals surface area contributed by atoms with Crippen LogP contribution in [0.4, 0.5) is 0 Å². The Bertz CT molecular complexity index is 1510. The molecule has 1 atom stereocenters. The minimum absolute atomic E-state index is 0.0734. The van der Waals surface area contributed by atoms with Gasteiger partial charge in [-0.05, 0) is 72.9 Å². The third kappa shape index (κ3) is 4.22. The van der Waals surface area contributed by atoms with Gasteiger partial charge in [0, 0.05) is 11.4 Å². The van der Waals surface area contributed by atoms with Crippen LogP contribution >= 0.6 is 0 Å². The van der Waals surface area contributed by atoms with Gasteiger partial charge in [-0.15, -0.1) is 0 Å². The van der Waals surface area contributed by atoms with Crippen molar-refractivity contribution in [1.82, 2.24) is 15.1 Å². The molecular formula is C31H31N3O4. The van der Waals surface area contributed by atoms with E-state index in [1.54, 1.807) is 7.11 Å². The standard InChI is InChI=1S/C31H31N3O4/c1-19(20-9-11-21(12-10-20)22-5-3-7-26(13-22)38-2)34-28-23(18-32-34)6-4-8-27(28)29(35)33-25-16-31(17-25)14-24(15-31)30(36)37/h3-13,18-19,24-25H,14-17H2,1-2H3,(H,33,35)(H,36,37)/t19-,24?,25?,31?/m1/s1. The molecule has 0 bridgehead atoms. The number of ether oxygens (including phenoxy) is 1. The molecule has 38 heavy (non-hydrogen) atoms. The van der Waals surface area contributed by atoms with E-state index in [0.29, 0.717) is 5.56 Å². The quantitative estimate of drug-likeness (QED) is 0.334. The van der Waals surface area contributed by atoms with E-state index in [4.69, 9.17) is 4.74 Å². The maximum Gasteiger partial charge on any atom is 0.306 e. The lowest BCUT2D eigenvalue weighted by atomic mass is 9.50. The molecule has 1 heterocycles. The summed E-state index contributed by atoms with van der Waals surface area (Å²) in [4.78, 5) is 24.5. The number of para-hydroxylation sites is 1. The minimum Gasteiger partial charge on any atom is -0.497 e. The molecule has 1 aromatic heterocycles. The van der Waals surface area contributed by atoms with Crippen molar-refractivity contribution in [2.45, 2.75) is 44.7 Å². The number of carboxylic acids is 1. The first-order chi connectivity index (χ1) is 18.4. The predicted octanol–water partition coefficient (Wildman–Crippen LogP) is 5.69. The summed E-state index contributed by atoms with van der Waals surface area (Å²) < 4.78 is 7.29. The predicted molar refractivity (Wildman–Crippen MR) is 145 cm³/mol. The molecule has 0 saturated heterocycles. The monoisotopic (exact) mass is 509 g/mol. The number of aromatic nitrogens is 2. The molecule has 1 spiro atoms. The van der Waals surface area contributed by atoms with Crippen molar-refractivity contribution in [2.24, 2.45) is 11.3 Å². The molecular weight excluding hydrogens is 478 g/mol. The Kier molecular flexibility index (Phi) is 5.94. The zero-order valence-electron chi connectivity index (χ0n) is 21.6. The van der Waals surface area contributed by atoms with Gasteiger partial charge in [0.1, 0.15) is 5.75 Å². The fraction of sp³-hybridized carbons (Fsp3) is 0.323. The van der Waals surface area contributed by atoms with Crippen LogP contribution in [0.3, 0.4) is 0 Å². The van der Waals surface area contributed by atoms with Gasteiger partial charge in [0.15, 0.2) is 0 Å². The largest absolute Gasteiger partial charge is 0.497 e. The lowest BCUT2D eigenvalue weighted by Gasteiger charge is -2.56. The van der Waals surface area contributed by atoms with Gasteiger partial charge >= 0.3 is 5.97 Å². The number of methoxy groups -OCH3 is 1. The molecule has 3 aromatic carbocycles. The number of benzene rings is 3. The first-order valence-corrected chi connectivity index (χ1v) is 13.1. The summed E-state index contributed by atoms with van der Waals surface area (Å²) in [7, 11) is 1.67.